The summed E-state index contributed by atoms with van der Waals surface area (Å²) in [7, 11) is 0.0148. The molecular weight excluding hydrogens is 749 g/mol. The minimum Gasteiger partial charge on any atom is -0.472 e. The molecule has 1 saturated heterocycles. The van der Waals surface area contributed by atoms with Crippen LogP contribution in [0.4, 0.5) is 10.5 Å². The van der Waals surface area contributed by atoms with Gasteiger partial charge in [-0.05, 0) is 75.1 Å². The minimum absolute atomic E-state index is 0.00939. The molecule has 14 nitrogen and oxygen atoms in total. The fourth-order valence-corrected chi connectivity index (χ4v) is 8.49. The van der Waals surface area contributed by atoms with Crippen LogP contribution in [0.5, 0.6) is 5.88 Å². The molecule has 1 aromatic heterocycles. The number of sulfonamides is 1. The highest BCUT2D eigenvalue weighted by molar-refractivity contribution is 7.91. The molecule has 1 aliphatic heterocycles. The van der Waals surface area contributed by atoms with E-state index in [4.69, 9.17) is 14.5 Å². The van der Waals surface area contributed by atoms with Crippen LogP contribution in [-0.2, 0) is 29.1 Å². The van der Waals surface area contributed by atoms with Gasteiger partial charge in [0.1, 0.15) is 29.3 Å². The fraction of sp³-hybridized carbons (Fsp3) is 0.500. The summed E-state index contributed by atoms with van der Waals surface area (Å²) in [5, 5.41) is 6.50. The molecule has 3 aliphatic rings. The van der Waals surface area contributed by atoms with Crippen molar-refractivity contribution in [1.82, 2.24) is 25.2 Å². The first-order chi connectivity index (χ1) is 26.6. The summed E-state index contributed by atoms with van der Waals surface area (Å²) in [6, 6.07) is 15.3. The van der Waals surface area contributed by atoms with Gasteiger partial charge in [0, 0.05) is 43.1 Å². The zero-order chi connectivity index (χ0) is 41.7. The summed E-state index contributed by atoms with van der Waals surface area (Å²) in [6.45, 7) is 14.2. The van der Waals surface area contributed by atoms with Crippen molar-refractivity contribution in [3.63, 3.8) is 0 Å². The van der Waals surface area contributed by atoms with Gasteiger partial charge in [0.25, 0.3) is 5.91 Å². The molecule has 2 aromatic carbocycles. The monoisotopic (exact) mass is 802 g/mol. The van der Waals surface area contributed by atoms with Gasteiger partial charge in [-0.3, -0.25) is 19.1 Å². The first-order valence-electron chi connectivity index (χ1n) is 19.3. The number of carbonyl (C=O) groups is 4. The van der Waals surface area contributed by atoms with E-state index in [1.165, 1.54) is 11.0 Å². The fourth-order valence-electron chi connectivity index (χ4n) is 7.13. The third-order valence-corrected chi connectivity index (χ3v) is 12.4. The van der Waals surface area contributed by atoms with E-state index in [1.54, 1.807) is 41.5 Å². The second-order valence-corrected chi connectivity index (χ2v) is 19.5. The molecule has 3 N–H and O–H groups in total. The van der Waals surface area contributed by atoms with Crippen molar-refractivity contribution in [1.29, 1.82) is 0 Å². The third kappa shape index (κ3) is 9.19. The second kappa shape index (κ2) is 15.3. The number of ether oxygens (including phenoxy) is 2. The van der Waals surface area contributed by atoms with Crippen molar-refractivity contribution in [3.05, 3.63) is 67.3 Å². The SMILES string of the molecule is C=C[C@@H]1C[C@]1(NC(=O)[C@@H]1C[C@@H](Oc2nc(-c3ccc(N(C)C)cc3)cc3ccccc23)CN1C(=O)[C@@H](NC(=O)OC(C)(C)C)C(C)(C)C)C(=O)NS(=O)(=O)C1CC1. The molecule has 2 aliphatic carbocycles. The first-order valence-corrected chi connectivity index (χ1v) is 20.8. The number of benzene rings is 2. The summed E-state index contributed by atoms with van der Waals surface area (Å²) < 4.78 is 39.9. The molecule has 57 heavy (non-hydrogen) atoms. The number of nitrogens with one attached hydrogen (secondary N) is 3. The lowest BCUT2D eigenvalue weighted by molar-refractivity contribution is -0.143. The Bertz CT molecular complexity index is 2170. The Hall–Kier alpha value is -5.18. The van der Waals surface area contributed by atoms with Crippen LogP contribution in [0.15, 0.2) is 67.3 Å². The number of likely N-dealkylation sites (tertiary alicyclic amines) is 1. The van der Waals surface area contributed by atoms with E-state index >= 15 is 0 Å². The van der Waals surface area contributed by atoms with Gasteiger partial charge < -0.3 is 29.9 Å². The van der Waals surface area contributed by atoms with Crippen molar-refractivity contribution in [3.8, 4) is 17.1 Å². The topological polar surface area (TPSA) is 176 Å². The zero-order valence-corrected chi connectivity index (χ0v) is 34.7. The van der Waals surface area contributed by atoms with E-state index in [0.717, 1.165) is 22.0 Å². The number of alkyl carbamates (subject to hydrolysis) is 1. The van der Waals surface area contributed by atoms with Crippen molar-refractivity contribution >= 4 is 50.3 Å². The number of anilines is 1. The summed E-state index contributed by atoms with van der Waals surface area (Å²) in [4.78, 5) is 64.1. The van der Waals surface area contributed by atoms with Gasteiger partial charge in [-0.1, -0.05) is 57.2 Å². The Kier molecular flexibility index (Phi) is 11.1. The standard InChI is InChI=1S/C42H54N6O8S/c1-10-27-23-42(27,38(51)46-57(53,54)30-19-20-30)45-35(49)33-22-29(24-48(33)37(50)34(40(2,3)4)44-39(52)56-41(5,6)7)55-36-31-14-12-11-13-26(31)21-32(43-36)25-15-17-28(18-16-25)47(8)9/h10-18,21,27,29-30,33-34H,1,19-20,22-24H2,2-9H3,(H,44,52)(H,45,49)(H,46,51)/t27-,29-,33+,34-,42-/m1/s1. The van der Waals surface area contributed by atoms with Gasteiger partial charge in [-0.15, -0.1) is 6.58 Å². The summed E-state index contributed by atoms with van der Waals surface area (Å²) in [6.07, 6.45) is 1.02. The predicted octanol–water partition coefficient (Wildman–Crippen LogP) is 4.92. The average molecular weight is 803 g/mol. The normalized spacial score (nSPS) is 22.6. The molecule has 0 unspecified atom stereocenters. The number of carbonyl (C=O) groups excluding carboxylic acids is 4. The molecule has 0 bridgehead atoms. The van der Waals surface area contributed by atoms with Gasteiger partial charge in [-0.25, -0.2) is 18.2 Å². The minimum atomic E-state index is -3.91. The van der Waals surface area contributed by atoms with Crippen molar-refractivity contribution in [2.24, 2.45) is 11.3 Å². The van der Waals surface area contributed by atoms with E-state index in [2.05, 4.69) is 21.9 Å². The molecule has 0 spiro atoms. The molecule has 5 atom stereocenters. The van der Waals surface area contributed by atoms with Crippen LogP contribution in [0, 0.1) is 11.3 Å². The Morgan fingerprint density at radius 1 is 1.02 bits per heavy atom. The Labute approximate surface area is 334 Å². The quantitative estimate of drug-likeness (QED) is 0.213. The lowest BCUT2D eigenvalue weighted by atomic mass is 9.85. The molecule has 2 heterocycles. The van der Waals surface area contributed by atoms with Crippen LogP contribution in [0.3, 0.4) is 0 Å². The van der Waals surface area contributed by atoms with Gasteiger partial charge >= 0.3 is 6.09 Å². The smallest absolute Gasteiger partial charge is 0.408 e. The van der Waals surface area contributed by atoms with E-state index in [0.29, 0.717) is 24.4 Å². The predicted molar refractivity (Wildman–Crippen MR) is 218 cm³/mol. The van der Waals surface area contributed by atoms with Gasteiger partial charge in [0.05, 0.1) is 17.5 Å². The van der Waals surface area contributed by atoms with E-state index < -0.39 is 79.7 Å². The first kappa shape index (κ1) is 41.5. The molecule has 4 amide bonds. The van der Waals surface area contributed by atoms with Crippen LogP contribution in [0.25, 0.3) is 22.0 Å². The molecule has 6 rings (SSSR count). The van der Waals surface area contributed by atoms with Crippen LogP contribution in [0.1, 0.15) is 67.2 Å². The summed E-state index contributed by atoms with van der Waals surface area (Å²) in [5.41, 5.74) is -0.670. The summed E-state index contributed by atoms with van der Waals surface area (Å²) >= 11 is 0. The van der Waals surface area contributed by atoms with E-state index in [1.807, 2.05) is 73.6 Å². The Balaban J connectivity index is 1.33. The van der Waals surface area contributed by atoms with Gasteiger partial charge in [-0.2, -0.15) is 0 Å². The molecule has 3 fully saturated rings. The lowest BCUT2D eigenvalue weighted by Gasteiger charge is -2.36. The maximum absolute atomic E-state index is 14.7. The van der Waals surface area contributed by atoms with Gasteiger partial charge in [0.2, 0.25) is 27.7 Å². The van der Waals surface area contributed by atoms with Crippen molar-refractivity contribution in [2.75, 3.05) is 25.5 Å². The highest BCUT2D eigenvalue weighted by Crippen LogP contribution is 2.46. The molecule has 15 heteroatoms. The molecule has 3 aromatic rings. The highest BCUT2D eigenvalue weighted by Gasteiger charge is 2.62. The number of hydrogen-bond donors (Lipinski definition) is 3. The van der Waals surface area contributed by atoms with Crippen molar-refractivity contribution in [2.45, 2.75) is 102 Å². The molecule has 306 valence electrons. The number of pyridine rings is 1. The number of amides is 4. The maximum atomic E-state index is 14.7. The summed E-state index contributed by atoms with van der Waals surface area (Å²) in [5.74, 6) is -2.29. The number of aromatic nitrogens is 1. The number of rotatable bonds is 12. The zero-order valence-electron chi connectivity index (χ0n) is 33.9. The van der Waals surface area contributed by atoms with E-state index in [-0.39, 0.29) is 19.4 Å². The number of hydrogen-bond acceptors (Lipinski definition) is 10. The van der Waals surface area contributed by atoms with Crippen LogP contribution in [-0.4, -0.2) is 97.3 Å². The highest BCUT2D eigenvalue weighted by atomic mass is 32.2. The third-order valence-electron chi connectivity index (χ3n) is 10.5. The molecule has 2 saturated carbocycles. The maximum Gasteiger partial charge on any atom is 0.408 e. The molecule has 0 radical (unpaired) electrons. The van der Waals surface area contributed by atoms with Crippen molar-refractivity contribution < 1.29 is 37.1 Å². The average Bonchev–Trinajstić information content (AvgIpc) is 4.06. The van der Waals surface area contributed by atoms with Crippen LogP contribution in [0.2, 0.25) is 0 Å². The Morgan fingerprint density at radius 3 is 2.26 bits per heavy atom. The van der Waals surface area contributed by atoms with E-state index in [9.17, 15) is 27.6 Å². The van der Waals surface area contributed by atoms with Crippen LogP contribution >= 0.6 is 0 Å². The largest absolute Gasteiger partial charge is 0.472 e. The lowest BCUT2D eigenvalue weighted by Crippen LogP contribution is -2.60. The Morgan fingerprint density at radius 2 is 1.68 bits per heavy atom. The number of fused-ring (bicyclic) bond motifs is 1. The molecular formula is C42H54N6O8S. The van der Waals surface area contributed by atoms with Crippen LogP contribution < -0.4 is 25.0 Å². The van der Waals surface area contributed by atoms with Gasteiger partial charge in [0.15, 0.2) is 0 Å². The number of nitrogens with zero attached hydrogens (tertiary/aromatic N) is 3. The second-order valence-electron chi connectivity index (χ2n) is 17.6.